The molecule has 94 valence electrons. The Morgan fingerprint density at radius 2 is 1.95 bits per heavy atom. The highest BCUT2D eigenvalue weighted by Gasteiger charge is 2.14. The lowest BCUT2D eigenvalue weighted by Crippen LogP contribution is -2.30. The quantitative estimate of drug-likeness (QED) is 0.619. The molecule has 2 aromatic heterocycles. The van der Waals surface area contributed by atoms with Gasteiger partial charge in [0, 0.05) is 11.7 Å². The number of hydrogen-bond acceptors (Lipinski definition) is 5. The predicted molar refractivity (Wildman–Crippen MR) is 70.7 cm³/mol. The first kappa shape index (κ1) is 11.8. The number of nitrogens with zero attached hydrogens (tertiary/aromatic N) is 4. The fraction of sp³-hybridized carbons (Fsp3) is 0.0833. The number of pyridine rings is 1. The predicted octanol–water partition coefficient (Wildman–Crippen LogP) is -0.446. The van der Waals surface area contributed by atoms with E-state index in [2.05, 4.69) is 15.3 Å². The summed E-state index contributed by atoms with van der Waals surface area (Å²) in [5.41, 5.74) is 2.57. The molecule has 1 aromatic carbocycles. The van der Waals surface area contributed by atoms with E-state index in [1.165, 1.54) is 6.20 Å². The highest BCUT2D eigenvalue weighted by molar-refractivity contribution is 6.58. The van der Waals surface area contributed by atoms with Crippen LogP contribution in [0, 0.1) is 0 Å². The Morgan fingerprint density at radius 1 is 1.16 bits per heavy atom. The van der Waals surface area contributed by atoms with Gasteiger partial charge in [0.05, 0.1) is 6.54 Å². The van der Waals surface area contributed by atoms with Gasteiger partial charge in [-0.3, -0.25) is 0 Å². The molecule has 0 spiro atoms. The highest BCUT2D eigenvalue weighted by Crippen LogP contribution is 2.09. The molecule has 0 saturated heterocycles. The molecule has 2 N–H and O–H groups in total. The molecule has 0 saturated carbocycles. The van der Waals surface area contributed by atoms with Crippen LogP contribution in [0.2, 0.25) is 0 Å². The molecule has 0 atom stereocenters. The van der Waals surface area contributed by atoms with Crippen molar-refractivity contribution >= 4 is 23.7 Å². The maximum Gasteiger partial charge on any atom is 0.490 e. The van der Waals surface area contributed by atoms with Gasteiger partial charge in [-0.15, -0.1) is 5.10 Å². The third-order valence-electron chi connectivity index (χ3n) is 2.87. The minimum Gasteiger partial charge on any atom is -0.423 e. The van der Waals surface area contributed by atoms with Crippen molar-refractivity contribution in [2.24, 2.45) is 0 Å². The third kappa shape index (κ3) is 2.33. The van der Waals surface area contributed by atoms with Crippen molar-refractivity contribution < 1.29 is 10.0 Å². The van der Waals surface area contributed by atoms with Gasteiger partial charge in [-0.05, 0) is 11.6 Å². The molecular formula is C12H11BN4O2. The van der Waals surface area contributed by atoms with Crippen LogP contribution in [0.3, 0.4) is 0 Å². The fourth-order valence-corrected chi connectivity index (χ4v) is 1.89. The Balaban J connectivity index is 2.02. The fourth-order valence-electron chi connectivity index (χ4n) is 1.89. The van der Waals surface area contributed by atoms with Gasteiger partial charge < -0.3 is 10.0 Å². The second-order valence-corrected chi connectivity index (χ2v) is 4.22. The van der Waals surface area contributed by atoms with Crippen LogP contribution in [-0.2, 0) is 6.54 Å². The van der Waals surface area contributed by atoms with Crippen molar-refractivity contribution in [3.63, 3.8) is 0 Å². The topological polar surface area (TPSA) is 84.1 Å². The van der Waals surface area contributed by atoms with E-state index in [4.69, 9.17) is 10.0 Å². The molecule has 0 bridgehead atoms. The Labute approximate surface area is 109 Å². The van der Waals surface area contributed by atoms with Gasteiger partial charge in [0.15, 0.2) is 0 Å². The van der Waals surface area contributed by atoms with Crippen LogP contribution < -0.4 is 5.46 Å². The summed E-state index contributed by atoms with van der Waals surface area (Å²) in [4.78, 5) is 4.05. The SMILES string of the molecule is OB(O)c1cnc2nnn(Cc3ccccc3)c2c1. The molecular weight excluding hydrogens is 243 g/mol. The van der Waals surface area contributed by atoms with Gasteiger partial charge in [-0.2, -0.15) is 0 Å². The summed E-state index contributed by atoms with van der Waals surface area (Å²) in [6.45, 7) is 0.560. The van der Waals surface area contributed by atoms with Crippen LogP contribution in [-0.4, -0.2) is 37.1 Å². The van der Waals surface area contributed by atoms with E-state index < -0.39 is 7.12 Å². The van der Waals surface area contributed by atoms with Gasteiger partial charge in [0.2, 0.25) is 5.65 Å². The molecule has 0 aliphatic heterocycles. The van der Waals surface area contributed by atoms with E-state index >= 15 is 0 Å². The Morgan fingerprint density at radius 3 is 2.68 bits per heavy atom. The molecule has 3 rings (SSSR count). The lowest BCUT2D eigenvalue weighted by Gasteiger charge is -2.03. The van der Waals surface area contributed by atoms with Gasteiger partial charge in [0.25, 0.3) is 0 Å². The van der Waals surface area contributed by atoms with Crippen LogP contribution in [0.25, 0.3) is 11.2 Å². The van der Waals surface area contributed by atoms with Gasteiger partial charge >= 0.3 is 7.12 Å². The maximum absolute atomic E-state index is 9.17. The zero-order valence-corrected chi connectivity index (χ0v) is 10.0. The molecule has 0 unspecified atom stereocenters. The lowest BCUT2D eigenvalue weighted by atomic mass is 9.81. The van der Waals surface area contributed by atoms with Crippen LogP contribution in [0.1, 0.15) is 5.56 Å². The second kappa shape index (κ2) is 4.79. The summed E-state index contributed by atoms with van der Waals surface area (Å²) in [5.74, 6) is 0. The van der Waals surface area contributed by atoms with Gasteiger partial charge in [-0.1, -0.05) is 35.5 Å². The van der Waals surface area contributed by atoms with E-state index in [0.29, 0.717) is 23.2 Å². The normalized spacial score (nSPS) is 10.8. The summed E-state index contributed by atoms with van der Waals surface area (Å²) in [6.07, 6.45) is 1.38. The Bertz CT molecular complexity index is 699. The van der Waals surface area contributed by atoms with E-state index in [0.717, 1.165) is 5.56 Å². The van der Waals surface area contributed by atoms with E-state index in [-0.39, 0.29) is 0 Å². The average Bonchev–Trinajstić information content (AvgIpc) is 2.82. The summed E-state index contributed by atoms with van der Waals surface area (Å²) >= 11 is 0. The van der Waals surface area contributed by atoms with Crippen molar-refractivity contribution in [2.45, 2.75) is 6.54 Å². The molecule has 0 fully saturated rings. The van der Waals surface area contributed by atoms with E-state index in [1.54, 1.807) is 10.7 Å². The summed E-state index contributed by atoms with van der Waals surface area (Å²) in [6, 6.07) is 11.5. The molecule has 6 nitrogen and oxygen atoms in total. The lowest BCUT2D eigenvalue weighted by molar-refractivity contribution is 0.425. The van der Waals surface area contributed by atoms with Crippen molar-refractivity contribution in [1.29, 1.82) is 0 Å². The maximum atomic E-state index is 9.17. The zero-order valence-electron chi connectivity index (χ0n) is 10.0. The molecule has 0 aliphatic carbocycles. The summed E-state index contributed by atoms with van der Waals surface area (Å²) in [5, 5.41) is 26.3. The van der Waals surface area contributed by atoms with Crippen LogP contribution in [0.15, 0.2) is 42.6 Å². The van der Waals surface area contributed by atoms with Gasteiger partial charge in [-0.25, -0.2) is 9.67 Å². The number of hydrogen-bond donors (Lipinski definition) is 2. The third-order valence-corrected chi connectivity index (χ3v) is 2.87. The number of fused-ring (bicyclic) bond motifs is 1. The van der Waals surface area contributed by atoms with E-state index in [9.17, 15) is 0 Å². The van der Waals surface area contributed by atoms with Crippen LogP contribution in [0.5, 0.6) is 0 Å². The molecule has 0 amide bonds. The Hall–Kier alpha value is -2.25. The highest BCUT2D eigenvalue weighted by atomic mass is 16.4. The van der Waals surface area contributed by atoms with E-state index in [1.807, 2.05) is 30.3 Å². The monoisotopic (exact) mass is 254 g/mol. The molecule has 2 heterocycles. The molecule has 7 heteroatoms. The first-order valence-corrected chi connectivity index (χ1v) is 5.83. The van der Waals surface area contributed by atoms with Crippen molar-refractivity contribution in [2.75, 3.05) is 0 Å². The van der Waals surface area contributed by atoms with Crippen molar-refractivity contribution in [3.8, 4) is 0 Å². The number of benzene rings is 1. The summed E-state index contributed by atoms with van der Waals surface area (Å²) in [7, 11) is -1.54. The molecule has 3 aromatic rings. The molecule has 19 heavy (non-hydrogen) atoms. The summed E-state index contributed by atoms with van der Waals surface area (Å²) < 4.78 is 1.68. The first-order chi connectivity index (χ1) is 9.24. The van der Waals surface area contributed by atoms with Crippen LogP contribution in [0.4, 0.5) is 0 Å². The van der Waals surface area contributed by atoms with Crippen molar-refractivity contribution in [1.82, 2.24) is 20.0 Å². The number of rotatable bonds is 3. The first-order valence-electron chi connectivity index (χ1n) is 5.83. The largest absolute Gasteiger partial charge is 0.490 e. The molecule has 0 aliphatic rings. The Kier molecular flexibility index (Phi) is 2.98. The minimum atomic E-state index is -1.54. The number of aromatic nitrogens is 4. The second-order valence-electron chi connectivity index (χ2n) is 4.22. The average molecular weight is 254 g/mol. The van der Waals surface area contributed by atoms with Crippen LogP contribution >= 0.6 is 0 Å². The smallest absolute Gasteiger partial charge is 0.423 e. The zero-order chi connectivity index (χ0) is 13.2. The standard InChI is InChI=1S/C12H11BN4O2/c18-13(19)10-6-11-12(14-7-10)15-16-17(11)8-9-4-2-1-3-5-9/h1-7,18-19H,8H2. The van der Waals surface area contributed by atoms with Gasteiger partial charge in [0.1, 0.15) is 5.52 Å². The molecule has 0 radical (unpaired) electrons. The minimum absolute atomic E-state index is 0.323. The van der Waals surface area contributed by atoms with Crippen molar-refractivity contribution in [3.05, 3.63) is 48.2 Å².